The van der Waals surface area contributed by atoms with Crippen molar-refractivity contribution in [1.82, 2.24) is 4.98 Å². The molecule has 0 atom stereocenters. The summed E-state index contributed by atoms with van der Waals surface area (Å²) in [5.74, 6) is -3.05. The summed E-state index contributed by atoms with van der Waals surface area (Å²) in [6.07, 6.45) is 0.0949. The Morgan fingerprint density at radius 1 is 1.56 bits per heavy atom. The van der Waals surface area contributed by atoms with Crippen molar-refractivity contribution in [2.45, 2.75) is 13.3 Å². The molecule has 1 aromatic heterocycles. The molecule has 0 aliphatic carbocycles. The van der Waals surface area contributed by atoms with Crippen LogP contribution in [0.2, 0.25) is 0 Å². The predicted molar refractivity (Wildman–Crippen MR) is 56.2 cm³/mol. The molecule has 0 aliphatic heterocycles. The van der Waals surface area contributed by atoms with Crippen molar-refractivity contribution >= 4 is 17.4 Å². The molecule has 0 saturated heterocycles. The Kier molecular flexibility index (Phi) is 4.41. The fourth-order valence-corrected chi connectivity index (χ4v) is 1.22. The van der Waals surface area contributed by atoms with Crippen molar-refractivity contribution in [2.24, 2.45) is 0 Å². The third-order valence-corrected chi connectivity index (χ3v) is 1.98. The molecule has 0 bridgehead atoms. The van der Waals surface area contributed by atoms with Gasteiger partial charge in [-0.3, -0.25) is 14.9 Å². The zero-order chi connectivity index (χ0) is 13.7. The Morgan fingerprint density at radius 3 is 2.78 bits per heavy atom. The summed E-state index contributed by atoms with van der Waals surface area (Å²) in [5, 5.41) is 10.6. The lowest BCUT2D eigenvalue weighted by Gasteiger charge is -2.02. The van der Waals surface area contributed by atoms with Crippen LogP contribution >= 0.6 is 0 Å². The molecular formula is C10H9FN2O5. The molecule has 0 fully saturated rings. The van der Waals surface area contributed by atoms with Gasteiger partial charge in [0, 0.05) is 11.6 Å². The quantitative estimate of drug-likeness (QED) is 0.254. The number of carbonyl (C=O) groups is 2. The van der Waals surface area contributed by atoms with Gasteiger partial charge in [0.2, 0.25) is 11.7 Å². The van der Waals surface area contributed by atoms with E-state index in [4.69, 9.17) is 0 Å². The first-order valence-corrected chi connectivity index (χ1v) is 4.94. The summed E-state index contributed by atoms with van der Waals surface area (Å²) in [7, 11) is 0. The second-order valence-electron chi connectivity index (χ2n) is 3.21. The smallest absolute Gasteiger partial charge is 0.374 e. The summed E-state index contributed by atoms with van der Waals surface area (Å²) in [5.41, 5.74) is -0.736. The molecule has 0 aliphatic rings. The maximum atomic E-state index is 12.8. The van der Waals surface area contributed by atoms with Gasteiger partial charge in [0.25, 0.3) is 5.69 Å². The van der Waals surface area contributed by atoms with Crippen LogP contribution in [0.3, 0.4) is 0 Å². The van der Waals surface area contributed by atoms with Crippen LogP contribution in [0.5, 0.6) is 0 Å². The number of nitrogens with zero attached hydrogens (tertiary/aromatic N) is 2. The van der Waals surface area contributed by atoms with Crippen molar-refractivity contribution in [2.75, 3.05) is 6.61 Å². The minimum absolute atomic E-state index is 0.0113. The van der Waals surface area contributed by atoms with E-state index in [0.29, 0.717) is 6.20 Å². The van der Waals surface area contributed by atoms with Crippen LogP contribution < -0.4 is 0 Å². The van der Waals surface area contributed by atoms with E-state index in [9.17, 15) is 24.1 Å². The second kappa shape index (κ2) is 5.80. The Morgan fingerprint density at radius 2 is 2.22 bits per heavy atom. The van der Waals surface area contributed by atoms with E-state index in [1.54, 1.807) is 0 Å². The van der Waals surface area contributed by atoms with Gasteiger partial charge in [-0.05, 0) is 6.92 Å². The zero-order valence-electron chi connectivity index (χ0n) is 9.38. The van der Waals surface area contributed by atoms with Crippen LogP contribution in [-0.2, 0) is 20.7 Å². The third kappa shape index (κ3) is 3.30. The average Bonchev–Trinajstić information content (AvgIpc) is 2.28. The molecule has 0 unspecified atom stereocenters. The Bertz CT molecular complexity index is 503. The molecule has 8 heteroatoms. The Hall–Kier alpha value is -2.38. The van der Waals surface area contributed by atoms with E-state index >= 15 is 0 Å². The molecule has 96 valence electrons. The lowest BCUT2D eigenvalue weighted by Crippen LogP contribution is -2.20. The van der Waals surface area contributed by atoms with E-state index in [2.05, 4.69) is 9.72 Å². The number of Topliss-reactive ketones (excluding diaryl/α,β-unsaturated/α-hetero) is 1. The van der Waals surface area contributed by atoms with E-state index in [1.807, 2.05) is 0 Å². The number of rotatable bonds is 5. The number of ether oxygens (including phenoxy) is 1. The molecule has 1 aromatic rings. The summed E-state index contributed by atoms with van der Waals surface area (Å²) in [6, 6.07) is 0.745. The number of aromatic nitrogens is 1. The van der Waals surface area contributed by atoms with Crippen molar-refractivity contribution in [3.05, 3.63) is 33.9 Å². The number of carbonyl (C=O) groups excluding carboxylic acids is 2. The predicted octanol–water partition coefficient (Wildman–Crippen LogP) is 0.804. The van der Waals surface area contributed by atoms with Gasteiger partial charge in [-0.15, -0.1) is 0 Å². The molecular weight excluding hydrogens is 247 g/mol. The van der Waals surface area contributed by atoms with Gasteiger partial charge >= 0.3 is 5.97 Å². The molecule has 0 aromatic carbocycles. The fourth-order valence-electron chi connectivity index (χ4n) is 1.22. The van der Waals surface area contributed by atoms with E-state index in [0.717, 1.165) is 6.07 Å². The average molecular weight is 256 g/mol. The van der Waals surface area contributed by atoms with E-state index in [-0.39, 0.29) is 12.2 Å². The monoisotopic (exact) mass is 256 g/mol. The lowest BCUT2D eigenvalue weighted by molar-refractivity contribution is -0.385. The van der Waals surface area contributed by atoms with Crippen LogP contribution in [0.4, 0.5) is 10.1 Å². The lowest BCUT2D eigenvalue weighted by atomic mass is 10.1. The summed E-state index contributed by atoms with van der Waals surface area (Å²) in [4.78, 5) is 35.3. The van der Waals surface area contributed by atoms with Gasteiger partial charge in [-0.25, -0.2) is 9.78 Å². The van der Waals surface area contributed by atoms with Crippen LogP contribution in [0.25, 0.3) is 0 Å². The first-order chi connectivity index (χ1) is 8.45. The number of pyridine rings is 1. The molecule has 1 heterocycles. The number of esters is 1. The fraction of sp³-hybridized carbons (Fsp3) is 0.300. The van der Waals surface area contributed by atoms with Gasteiger partial charge < -0.3 is 4.74 Å². The topological polar surface area (TPSA) is 99.4 Å². The molecule has 0 saturated carbocycles. The third-order valence-electron chi connectivity index (χ3n) is 1.98. The van der Waals surface area contributed by atoms with Crippen molar-refractivity contribution in [3.8, 4) is 0 Å². The minimum Gasteiger partial charge on any atom is -0.460 e. The first kappa shape index (κ1) is 13.7. The highest BCUT2D eigenvalue weighted by Gasteiger charge is 2.22. The Balaban J connectivity index is 2.96. The van der Waals surface area contributed by atoms with Crippen molar-refractivity contribution in [1.29, 1.82) is 0 Å². The molecule has 0 spiro atoms. The normalized spacial score (nSPS) is 9.89. The highest BCUT2D eigenvalue weighted by atomic mass is 19.1. The maximum absolute atomic E-state index is 12.8. The van der Waals surface area contributed by atoms with Crippen LogP contribution in [0.15, 0.2) is 12.3 Å². The van der Waals surface area contributed by atoms with Gasteiger partial charge in [-0.1, -0.05) is 0 Å². The number of hydrogen-bond donors (Lipinski definition) is 0. The largest absolute Gasteiger partial charge is 0.460 e. The van der Waals surface area contributed by atoms with Crippen molar-refractivity contribution in [3.63, 3.8) is 0 Å². The summed E-state index contributed by atoms with van der Waals surface area (Å²) >= 11 is 0. The molecule has 0 N–H and O–H groups in total. The van der Waals surface area contributed by atoms with Gasteiger partial charge in [0.15, 0.2) is 0 Å². The van der Waals surface area contributed by atoms with Gasteiger partial charge in [0.05, 0.1) is 18.0 Å². The SMILES string of the molecule is CCOC(=O)C(=O)Cc1cc(F)ncc1[N+](=O)[O-]. The molecule has 7 nitrogen and oxygen atoms in total. The standard InChI is InChI=1S/C10H9FN2O5/c1-2-18-10(15)8(14)3-6-4-9(11)12-5-7(6)13(16)17/h4-5H,2-3H2,1H3. The Labute approximate surface area is 101 Å². The van der Waals surface area contributed by atoms with Crippen LogP contribution in [0, 0.1) is 16.1 Å². The molecule has 18 heavy (non-hydrogen) atoms. The highest BCUT2D eigenvalue weighted by molar-refractivity contribution is 6.34. The molecule has 0 radical (unpaired) electrons. The van der Waals surface area contributed by atoms with E-state index in [1.165, 1.54) is 6.92 Å². The number of halogens is 1. The van der Waals surface area contributed by atoms with Gasteiger partial charge in [0.1, 0.15) is 6.20 Å². The number of hydrogen-bond acceptors (Lipinski definition) is 6. The highest BCUT2D eigenvalue weighted by Crippen LogP contribution is 2.18. The summed E-state index contributed by atoms with van der Waals surface area (Å²) < 4.78 is 17.3. The maximum Gasteiger partial charge on any atom is 0.374 e. The molecule has 0 amide bonds. The number of ketones is 1. The van der Waals surface area contributed by atoms with Crippen molar-refractivity contribution < 1.29 is 23.6 Å². The number of nitro groups is 1. The van der Waals surface area contributed by atoms with Crippen LogP contribution in [0.1, 0.15) is 12.5 Å². The van der Waals surface area contributed by atoms with Crippen LogP contribution in [-0.4, -0.2) is 28.3 Å². The zero-order valence-corrected chi connectivity index (χ0v) is 9.38. The van der Waals surface area contributed by atoms with E-state index < -0.39 is 34.7 Å². The second-order valence-corrected chi connectivity index (χ2v) is 3.21. The minimum atomic E-state index is -1.11. The molecule has 1 rings (SSSR count). The first-order valence-electron chi connectivity index (χ1n) is 4.94. The summed E-state index contributed by atoms with van der Waals surface area (Å²) in [6.45, 7) is 1.52. The van der Waals surface area contributed by atoms with Gasteiger partial charge in [-0.2, -0.15) is 4.39 Å².